The van der Waals surface area contributed by atoms with E-state index < -0.39 is 0 Å². The van der Waals surface area contributed by atoms with E-state index in [0.29, 0.717) is 29.9 Å². The normalized spacial score (nSPS) is 24.8. The van der Waals surface area contributed by atoms with Crippen molar-refractivity contribution >= 4 is 21.4 Å². The number of ether oxygens (including phenoxy) is 2. The fourth-order valence-corrected chi connectivity index (χ4v) is 7.39. The number of aryl methyl sites for hydroxylation is 1. The molecule has 1 aliphatic carbocycles. The molecule has 1 saturated heterocycles. The van der Waals surface area contributed by atoms with Crippen molar-refractivity contribution in [3.8, 4) is 16.2 Å². The van der Waals surface area contributed by atoms with Crippen molar-refractivity contribution in [3.05, 3.63) is 53.8 Å². The molecule has 2 unspecified atom stereocenters. The predicted octanol–water partition coefficient (Wildman–Crippen LogP) is 9.44. The minimum atomic E-state index is -0.216. The summed E-state index contributed by atoms with van der Waals surface area (Å²) in [5.41, 5.74) is 2.00. The Kier molecular flexibility index (Phi) is 8.64. The van der Waals surface area contributed by atoms with Crippen LogP contribution in [0, 0.1) is 23.6 Å². The topological polar surface area (TPSA) is 18.5 Å². The molecule has 36 heavy (non-hydrogen) atoms. The monoisotopic (exact) mass is 508 g/mol. The highest BCUT2D eigenvalue weighted by Gasteiger charge is 2.31. The van der Waals surface area contributed by atoms with Crippen LogP contribution < -0.4 is 4.74 Å². The fourth-order valence-electron chi connectivity index (χ4n) is 6.24. The van der Waals surface area contributed by atoms with Gasteiger partial charge in [0.1, 0.15) is 11.6 Å². The summed E-state index contributed by atoms with van der Waals surface area (Å²) in [6.07, 6.45) is 13.1. The lowest BCUT2D eigenvalue weighted by molar-refractivity contribution is -0.0654. The van der Waals surface area contributed by atoms with E-state index in [9.17, 15) is 0 Å². The smallest absolute Gasteiger partial charge is 0.135 e. The van der Waals surface area contributed by atoms with Gasteiger partial charge in [0.05, 0.1) is 19.3 Å². The summed E-state index contributed by atoms with van der Waals surface area (Å²) < 4.78 is 28.6. The third-order valence-corrected chi connectivity index (χ3v) is 9.47. The van der Waals surface area contributed by atoms with E-state index >= 15 is 4.39 Å². The Morgan fingerprint density at radius 1 is 0.917 bits per heavy atom. The molecule has 2 nitrogen and oxygen atoms in total. The van der Waals surface area contributed by atoms with Gasteiger partial charge in [-0.1, -0.05) is 58.1 Å². The molecule has 1 saturated carbocycles. The van der Waals surface area contributed by atoms with Crippen molar-refractivity contribution in [1.29, 1.82) is 0 Å². The first-order chi connectivity index (χ1) is 17.6. The van der Waals surface area contributed by atoms with E-state index in [2.05, 4.69) is 38.1 Å². The SMILES string of the molecule is CCCc1ccc2cc(-c3ccc(OCC4CCC(C5CCC(CCC)CC5)OC4)cc3F)sc2c1. The molecule has 1 aliphatic heterocycles. The molecule has 0 bridgehead atoms. The standard InChI is InChI=1S/C32H41FO2S/c1-3-5-22-7-11-25(12-8-22)30-16-10-24(21-35-30)20-34-27-14-15-28(29(33)19-27)32-18-26-13-9-23(6-4-2)17-31(26)36-32/h9,13-15,17-19,22,24-25,30H,3-8,10-12,16,20-21H2,1-2H3. The molecule has 2 heterocycles. The third-order valence-electron chi connectivity index (χ3n) is 8.33. The Bertz CT molecular complexity index is 1120. The van der Waals surface area contributed by atoms with Gasteiger partial charge in [-0.3, -0.25) is 0 Å². The first-order valence-corrected chi connectivity index (χ1v) is 15.0. The van der Waals surface area contributed by atoms with Gasteiger partial charge in [-0.25, -0.2) is 4.39 Å². The van der Waals surface area contributed by atoms with Gasteiger partial charge in [-0.15, -0.1) is 11.3 Å². The Morgan fingerprint density at radius 3 is 2.47 bits per heavy atom. The number of halogens is 1. The fraction of sp³-hybridized carbons (Fsp3) is 0.562. The van der Waals surface area contributed by atoms with Gasteiger partial charge in [0, 0.05) is 27.1 Å². The van der Waals surface area contributed by atoms with Crippen LogP contribution in [-0.4, -0.2) is 19.3 Å². The van der Waals surface area contributed by atoms with Crippen LogP contribution in [0.3, 0.4) is 0 Å². The summed E-state index contributed by atoms with van der Waals surface area (Å²) in [7, 11) is 0. The van der Waals surface area contributed by atoms with Crippen LogP contribution in [0.5, 0.6) is 5.75 Å². The van der Waals surface area contributed by atoms with E-state index in [-0.39, 0.29) is 5.82 Å². The van der Waals surface area contributed by atoms with Crippen LogP contribution in [0.1, 0.15) is 77.2 Å². The molecular weight excluding hydrogens is 467 g/mol. The molecule has 2 atom stereocenters. The van der Waals surface area contributed by atoms with Gasteiger partial charge in [0.15, 0.2) is 0 Å². The molecule has 1 aromatic heterocycles. The highest BCUT2D eigenvalue weighted by Crippen LogP contribution is 2.38. The Balaban J connectivity index is 1.12. The summed E-state index contributed by atoms with van der Waals surface area (Å²) in [6.45, 7) is 5.86. The molecule has 194 valence electrons. The predicted molar refractivity (Wildman–Crippen MR) is 150 cm³/mol. The highest BCUT2D eigenvalue weighted by atomic mass is 32.1. The second-order valence-corrected chi connectivity index (χ2v) is 12.2. The average molecular weight is 509 g/mol. The Labute approximate surface area is 220 Å². The summed E-state index contributed by atoms with van der Waals surface area (Å²) in [5.74, 6) is 2.47. The summed E-state index contributed by atoms with van der Waals surface area (Å²) >= 11 is 1.66. The van der Waals surface area contributed by atoms with Gasteiger partial charge < -0.3 is 9.47 Å². The van der Waals surface area contributed by atoms with E-state index in [1.54, 1.807) is 17.4 Å². The van der Waals surface area contributed by atoms with Crippen molar-refractivity contribution in [2.24, 2.45) is 17.8 Å². The minimum Gasteiger partial charge on any atom is -0.493 e. The molecule has 2 aliphatic rings. The van der Waals surface area contributed by atoms with Crippen molar-refractivity contribution in [3.63, 3.8) is 0 Å². The van der Waals surface area contributed by atoms with Crippen LogP contribution >= 0.6 is 11.3 Å². The molecule has 0 spiro atoms. The number of hydrogen-bond acceptors (Lipinski definition) is 3. The van der Waals surface area contributed by atoms with Gasteiger partial charge in [0.2, 0.25) is 0 Å². The lowest BCUT2D eigenvalue weighted by Crippen LogP contribution is -2.35. The van der Waals surface area contributed by atoms with Crippen LogP contribution in [0.4, 0.5) is 4.39 Å². The third kappa shape index (κ3) is 6.14. The van der Waals surface area contributed by atoms with Gasteiger partial charge in [-0.05, 0) is 79.2 Å². The molecule has 0 radical (unpaired) electrons. The number of benzene rings is 2. The summed E-state index contributed by atoms with van der Waals surface area (Å²) in [6, 6.07) is 14.0. The average Bonchev–Trinajstić information content (AvgIpc) is 3.32. The second-order valence-electron chi connectivity index (χ2n) is 11.1. The van der Waals surface area contributed by atoms with E-state index in [4.69, 9.17) is 9.47 Å². The van der Waals surface area contributed by atoms with Crippen LogP contribution in [0.25, 0.3) is 20.5 Å². The first-order valence-electron chi connectivity index (χ1n) is 14.2. The Morgan fingerprint density at radius 2 is 1.75 bits per heavy atom. The molecule has 0 amide bonds. The lowest BCUT2D eigenvalue weighted by atomic mass is 9.76. The quantitative estimate of drug-likeness (QED) is 0.286. The minimum absolute atomic E-state index is 0.216. The molecular formula is C32H41FO2S. The lowest BCUT2D eigenvalue weighted by Gasteiger charge is -2.37. The molecule has 3 aromatic rings. The van der Waals surface area contributed by atoms with Crippen LogP contribution in [0.15, 0.2) is 42.5 Å². The van der Waals surface area contributed by atoms with Gasteiger partial charge >= 0.3 is 0 Å². The van der Waals surface area contributed by atoms with Gasteiger partial charge in [0.25, 0.3) is 0 Å². The van der Waals surface area contributed by atoms with E-state index in [1.165, 1.54) is 54.2 Å². The van der Waals surface area contributed by atoms with Gasteiger partial charge in [-0.2, -0.15) is 0 Å². The molecule has 2 aromatic carbocycles. The Hall–Kier alpha value is -1.91. The number of hydrogen-bond donors (Lipinski definition) is 0. The van der Waals surface area contributed by atoms with Crippen molar-refractivity contribution < 1.29 is 13.9 Å². The first kappa shape index (κ1) is 25.7. The molecule has 0 N–H and O–H groups in total. The number of thiophene rings is 1. The van der Waals surface area contributed by atoms with E-state index in [0.717, 1.165) is 49.0 Å². The van der Waals surface area contributed by atoms with E-state index in [1.807, 2.05) is 12.1 Å². The van der Waals surface area contributed by atoms with Crippen molar-refractivity contribution in [2.45, 2.75) is 84.2 Å². The zero-order valence-corrected chi connectivity index (χ0v) is 22.8. The molecule has 4 heteroatoms. The zero-order chi connectivity index (χ0) is 24.9. The van der Waals surface area contributed by atoms with Crippen molar-refractivity contribution in [1.82, 2.24) is 0 Å². The zero-order valence-electron chi connectivity index (χ0n) is 21.9. The molecule has 5 rings (SSSR count). The maximum absolute atomic E-state index is 15.1. The largest absolute Gasteiger partial charge is 0.493 e. The van der Waals surface area contributed by atoms with Crippen molar-refractivity contribution in [2.75, 3.05) is 13.2 Å². The summed E-state index contributed by atoms with van der Waals surface area (Å²) in [5, 5.41) is 1.18. The maximum Gasteiger partial charge on any atom is 0.135 e. The second kappa shape index (κ2) is 12.1. The van der Waals surface area contributed by atoms with Crippen LogP contribution in [0.2, 0.25) is 0 Å². The molecule has 2 fully saturated rings. The van der Waals surface area contributed by atoms with Crippen LogP contribution in [-0.2, 0) is 11.2 Å². The number of rotatable bonds is 9. The summed E-state index contributed by atoms with van der Waals surface area (Å²) in [4.78, 5) is 0.971. The maximum atomic E-state index is 15.1. The number of fused-ring (bicyclic) bond motifs is 1. The highest BCUT2D eigenvalue weighted by molar-refractivity contribution is 7.22.